The van der Waals surface area contributed by atoms with Gasteiger partial charge in [0.05, 0.1) is 24.1 Å². The minimum absolute atomic E-state index is 0.0542. The lowest BCUT2D eigenvalue weighted by molar-refractivity contribution is -0.146. The van der Waals surface area contributed by atoms with E-state index in [1.807, 2.05) is 80.6 Å². The van der Waals surface area contributed by atoms with Gasteiger partial charge in [-0.15, -0.1) is 0 Å². The van der Waals surface area contributed by atoms with Crippen LogP contribution in [0.25, 0.3) is 22.5 Å². The Labute approximate surface area is 223 Å². The molecule has 1 aliphatic carbocycles. The third-order valence-electron chi connectivity index (χ3n) is 7.23. The Morgan fingerprint density at radius 3 is 2.18 bits per heavy atom. The van der Waals surface area contributed by atoms with Crippen LogP contribution in [0, 0.1) is 6.92 Å². The molecule has 1 aromatic heterocycles. The molecule has 38 heavy (non-hydrogen) atoms. The van der Waals surface area contributed by atoms with Gasteiger partial charge in [0.25, 0.3) is 0 Å². The van der Waals surface area contributed by atoms with E-state index in [4.69, 9.17) is 9.26 Å². The van der Waals surface area contributed by atoms with E-state index in [0.29, 0.717) is 24.6 Å². The second kappa shape index (κ2) is 11.1. The van der Waals surface area contributed by atoms with Crippen molar-refractivity contribution in [2.75, 3.05) is 13.2 Å². The minimum Gasteiger partial charge on any atom is -0.465 e. The van der Waals surface area contributed by atoms with Gasteiger partial charge >= 0.3 is 5.97 Å². The second-order valence-electron chi connectivity index (χ2n) is 9.80. The number of aryl methyl sites for hydroxylation is 1. The van der Waals surface area contributed by atoms with Crippen molar-refractivity contribution in [1.82, 2.24) is 10.5 Å². The molecule has 4 aromatic rings. The molecule has 6 heteroatoms. The van der Waals surface area contributed by atoms with E-state index in [9.17, 15) is 9.59 Å². The monoisotopic (exact) mass is 508 g/mol. The number of hydrogen-bond acceptors (Lipinski definition) is 5. The number of nitrogens with zero attached hydrogens (tertiary/aromatic N) is 1. The molecule has 1 aliphatic rings. The van der Waals surface area contributed by atoms with Crippen molar-refractivity contribution >= 4 is 11.9 Å². The van der Waals surface area contributed by atoms with Gasteiger partial charge in [-0.3, -0.25) is 9.59 Å². The summed E-state index contributed by atoms with van der Waals surface area (Å²) in [6.07, 6.45) is 2.67. The van der Waals surface area contributed by atoms with Gasteiger partial charge in [-0.2, -0.15) is 0 Å². The first-order valence-electron chi connectivity index (χ1n) is 13.1. The highest BCUT2D eigenvalue weighted by Gasteiger charge is 2.52. The number of benzene rings is 3. The van der Waals surface area contributed by atoms with Gasteiger partial charge in [-0.1, -0.05) is 84.0 Å². The lowest BCUT2D eigenvalue weighted by atomic mass is 9.93. The maximum absolute atomic E-state index is 12.6. The number of carbonyl (C=O) groups excluding carboxylic acids is 2. The predicted molar refractivity (Wildman–Crippen MR) is 147 cm³/mol. The minimum atomic E-state index is -0.465. The summed E-state index contributed by atoms with van der Waals surface area (Å²) in [6.45, 7) is 4.68. The fraction of sp³-hybridized carbons (Fsp3) is 0.281. The molecule has 1 fully saturated rings. The maximum Gasteiger partial charge on any atom is 0.316 e. The first-order valence-corrected chi connectivity index (χ1v) is 13.1. The van der Waals surface area contributed by atoms with Crippen molar-refractivity contribution in [2.45, 2.75) is 44.9 Å². The molecule has 1 saturated carbocycles. The van der Waals surface area contributed by atoms with E-state index < -0.39 is 5.41 Å². The number of carbonyl (C=O) groups is 2. The van der Waals surface area contributed by atoms with Gasteiger partial charge in [0.1, 0.15) is 0 Å². The number of amides is 1. The summed E-state index contributed by atoms with van der Waals surface area (Å²) in [5.74, 6) is 0.439. The first-order chi connectivity index (χ1) is 18.5. The van der Waals surface area contributed by atoms with Crippen LogP contribution in [0.3, 0.4) is 0 Å². The van der Waals surface area contributed by atoms with E-state index in [0.717, 1.165) is 47.1 Å². The van der Waals surface area contributed by atoms with Crippen LogP contribution in [0.5, 0.6) is 0 Å². The molecule has 1 amide bonds. The summed E-state index contributed by atoms with van der Waals surface area (Å²) in [4.78, 5) is 25.0. The molecule has 3 aromatic carbocycles. The fourth-order valence-corrected chi connectivity index (χ4v) is 4.84. The zero-order valence-electron chi connectivity index (χ0n) is 21.8. The van der Waals surface area contributed by atoms with Crippen LogP contribution in [0.2, 0.25) is 0 Å². The summed E-state index contributed by atoms with van der Waals surface area (Å²) < 4.78 is 10.9. The zero-order valence-corrected chi connectivity index (χ0v) is 21.8. The van der Waals surface area contributed by atoms with Crippen LogP contribution in [-0.4, -0.2) is 30.2 Å². The highest BCUT2D eigenvalue weighted by molar-refractivity contribution is 5.87. The molecule has 0 spiro atoms. The fourth-order valence-electron chi connectivity index (χ4n) is 4.84. The van der Waals surface area contributed by atoms with Crippen LogP contribution in [-0.2, 0) is 32.6 Å². The summed E-state index contributed by atoms with van der Waals surface area (Å²) in [5.41, 5.74) is 6.24. The zero-order chi connectivity index (χ0) is 26.5. The van der Waals surface area contributed by atoms with Crippen LogP contribution in [0.4, 0.5) is 0 Å². The highest BCUT2D eigenvalue weighted by Crippen LogP contribution is 2.49. The number of aromatic nitrogens is 1. The normalized spacial score (nSPS) is 13.6. The Morgan fingerprint density at radius 2 is 1.55 bits per heavy atom. The molecule has 1 N–H and O–H groups in total. The summed E-state index contributed by atoms with van der Waals surface area (Å²) >= 11 is 0. The topological polar surface area (TPSA) is 81.4 Å². The lowest BCUT2D eigenvalue weighted by Crippen LogP contribution is -2.27. The number of nitrogens with one attached hydrogen (secondary N) is 1. The van der Waals surface area contributed by atoms with Crippen molar-refractivity contribution in [3.05, 3.63) is 101 Å². The van der Waals surface area contributed by atoms with Crippen molar-refractivity contribution in [3.8, 4) is 22.5 Å². The predicted octanol–water partition coefficient (Wildman–Crippen LogP) is 5.81. The Balaban J connectivity index is 1.24. The molecular formula is C32H32N2O4. The van der Waals surface area contributed by atoms with Gasteiger partial charge in [-0.05, 0) is 55.4 Å². The third kappa shape index (κ3) is 5.40. The van der Waals surface area contributed by atoms with Gasteiger partial charge in [0.2, 0.25) is 5.91 Å². The number of ether oxygens (including phenoxy) is 1. The van der Waals surface area contributed by atoms with Gasteiger partial charge in [0, 0.05) is 17.7 Å². The summed E-state index contributed by atoms with van der Waals surface area (Å²) in [5, 5.41) is 7.13. The maximum atomic E-state index is 12.6. The van der Waals surface area contributed by atoms with Crippen LogP contribution < -0.4 is 5.32 Å². The molecule has 0 unspecified atom stereocenters. The molecule has 0 radical (unpaired) electrons. The Hall–Kier alpha value is -4.19. The van der Waals surface area contributed by atoms with Crippen molar-refractivity contribution in [2.24, 2.45) is 0 Å². The Morgan fingerprint density at radius 1 is 0.921 bits per heavy atom. The van der Waals surface area contributed by atoms with E-state index >= 15 is 0 Å². The number of rotatable bonds is 10. The van der Waals surface area contributed by atoms with Crippen LogP contribution in [0.15, 0.2) is 83.4 Å². The Kier molecular flexibility index (Phi) is 7.40. The standard InChI is InChI=1S/C32H32N2O4/c1-3-37-31(36)32(18-19-32)27-15-13-25(14-16-27)24-9-11-26(12-10-24)30-28(22(2)34-38-30)21-29(35)33-20-17-23-7-5-4-6-8-23/h4-16H,3,17-21H2,1-2H3,(H,33,35). The van der Waals surface area contributed by atoms with Crippen LogP contribution in [0.1, 0.15) is 42.1 Å². The smallest absolute Gasteiger partial charge is 0.316 e. The summed E-state index contributed by atoms with van der Waals surface area (Å²) in [6, 6.07) is 26.3. The average molecular weight is 509 g/mol. The quantitative estimate of drug-likeness (QED) is 0.273. The van der Waals surface area contributed by atoms with Crippen molar-refractivity contribution in [1.29, 1.82) is 0 Å². The van der Waals surface area contributed by atoms with Gasteiger partial charge in [0.15, 0.2) is 5.76 Å². The summed E-state index contributed by atoms with van der Waals surface area (Å²) in [7, 11) is 0. The Bertz CT molecular complexity index is 1400. The van der Waals surface area contributed by atoms with E-state index in [1.165, 1.54) is 5.56 Å². The number of hydrogen-bond donors (Lipinski definition) is 1. The van der Waals surface area contributed by atoms with Gasteiger partial charge < -0.3 is 14.6 Å². The molecule has 0 bridgehead atoms. The third-order valence-corrected chi connectivity index (χ3v) is 7.23. The molecule has 1 heterocycles. The molecule has 0 atom stereocenters. The molecular weight excluding hydrogens is 476 g/mol. The second-order valence-corrected chi connectivity index (χ2v) is 9.80. The molecule has 5 rings (SSSR count). The SMILES string of the molecule is CCOC(=O)C1(c2ccc(-c3ccc(-c4onc(C)c4CC(=O)NCCc4ccccc4)cc3)cc2)CC1. The highest BCUT2D eigenvalue weighted by atomic mass is 16.5. The van der Waals surface area contributed by atoms with E-state index in [1.54, 1.807) is 0 Å². The van der Waals surface area contributed by atoms with Crippen molar-refractivity contribution < 1.29 is 18.8 Å². The van der Waals surface area contributed by atoms with Gasteiger partial charge in [-0.25, -0.2) is 0 Å². The number of esters is 1. The van der Waals surface area contributed by atoms with E-state index in [-0.39, 0.29) is 18.3 Å². The molecule has 0 aliphatic heterocycles. The molecule has 194 valence electrons. The first kappa shape index (κ1) is 25.5. The van der Waals surface area contributed by atoms with E-state index in [2.05, 4.69) is 22.6 Å². The van der Waals surface area contributed by atoms with Crippen molar-refractivity contribution in [3.63, 3.8) is 0 Å². The lowest BCUT2D eigenvalue weighted by Gasteiger charge is -2.14. The molecule has 0 saturated heterocycles. The molecule has 6 nitrogen and oxygen atoms in total. The average Bonchev–Trinajstić information content (AvgIpc) is 3.69. The largest absolute Gasteiger partial charge is 0.465 e. The van der Waals surface area contributed by atoms with Crippen LogP contribution >= 0.6 is 0 Å².